The lowest BCUT2D eigenvalue weighted by Gasteiger charge is -2.10. The summed E-state index contributed by atoms with van der Waals surface area (Å²) in [7, 11) is 3.54. The van der Waals surface area contributed by atoms with Crippen LogP contribution in [0.3, 0.4) is 0 Å². The van der Waals surface area contributed by atoms with E-state index in [1.165, 1.54) is 0 Å². The van der Waals surface area contributed by atoms with Crippen LogP contribution in [0.2, 0.25) is 0 Å². The maximum absolute atomic E-state index is 5.16. The van der Waals surface area contributed by atoms with Crippen molar-refractivity contribution in [2.24, 2.45) is 0 Å². The molecule has 1 rings (SSSR count). The van der Waals surface area contributed by atoms with E-state index in [0.29, 0.717) is 0 Å². The fourth-order valence-electron chi connectivity index (χ4n) is 1.01. The molecule has 12 heavy (non-hydrogen) atoms. The fraction of sp³-hybridized carbons (Fsp3) is 0.200. The smallest absolute Gasteiger partial charge is 0.120 e. The second-order valence-corrected chi connectivity index (χ2v) is 2.63. The summed E-state index contributed by atoms with van der Waals surface area (Å²) >= 11 is 0. The van der Waals surface area contributed by atoms with Gasteiger partial charge >= 0.3 is 0 Å². The third kappa shape index (κ3) is 2.02. The lowest BCUT2D eigenvalue weighted by Crippen LogP contribution is -2.00. The van der Waals surface area contributed by atoms with Gasteiger partial charge in [0.05, 0.1) is 20.4 Å². The molecule has 0 spiro atoms. The van der Waals surface area contributed by atoms with Gasteiger partial charge in [-0.15, -0.1) is 12.1 Å². The van der Waals surface area contributed by atoms with Crippen molar-refractivity contribution in [1.29, 1.82) is 0 Å². The van der Waals surface area contributed by atoms with E-state index in [9.17, 15) is 0 Å². The van der Waals surface area contributed by atoms with Crippen LogP contribution < -0.4 is 4.74 Å². The van der Waals surface area contributed by atoms with Crippen LogP contribution in [0.5, 0.6) is 5.75 Å². The first-order valence-electron chi connectivity index (χ1n) is 3.75. The van der Waals surface area contributed by atoms with Crippen molar-refractivity contribution in [1.82, 2.24) is 0 Å². The summed E-state index contributed by atoms with van der Waals surface area (Å²) in [5, 5.41) is 0. The molecule has 0 aliphatic carbocycles. The monoisotopic (exact) mass is 163 g/mol. The van der Waals surface area contributed by atoms with Gasteiger partial charge in [-0.05, 0) is 5.56 Å². The first kappa shape index (κ1) is 8.65. The van der Waals surface area contributed by atoms with Gasteiger partial charge in [0.25, 0.3) is 0 Å². The van der Waals surface area contributed by atoms with E-state index in [1.807, 2.05) is 37.9 Å². The molecular weight excluding hydrogens is 150 g/mol. The van der Waals surface area contributed by atoms with Gasteiger partial charge in [-0.2, -0.15) is 0 Å². The summed E-state index contributed by atoms with van der Waals surface area (Å²) in [5.41, 5.74) is 1.04. The number of nitrogens with zero attached hydrogens (tertiary/aromatic N) is 1. The van der Waals surface area contributed by atoms with E-state index < -0.39 is 0 Å². The van der Waals surface area contributed by atoms with E-state index >= 15 is 0 Å². The van der Waals surface area contributed by atoms with Crippen LogP contribution in [0.4, 0.5) is 0 Å². The lowest BCUT2D eigenvalue weighted by molar-refractivity contribution is -0.438. The van der Waals surface area contributed by atoms with Gasteiger partial charge in [-0.1, -0.05) is 12.1 Å². The van der Waals surface area contributed by atoms with Gasteiger partial charge in [0, 0.05) is 5.75 Å². The van der Waals surface area contributed by atoms with Crippen LogP contribution in [0.1, 0.15) is 5.56 Å². The van der Waals surface area contributed by atoms with Crippen LogP contribution in [-0.4, -0.2) is 25.5 Å². The molecule has 2 heteroatoms. The minimum absolute atomic E-state index is 0.869. The summed E-state index contributed by atoms with van der Waals surface area (Å²) in [6.45, 7) is 5.65. The summed E-state index contributed by atoms with van der Waals surface area (Å²) < 4.78 is 6.91. The summed E-state index contributed by atoms with van der Waals surface area (Å²) in [4.78, 5) is 0. The Balaban J connectivity index is 2.89. The zero-order valence-electron chi connectivity index (χ0n) is 7.45. The van der Waals surface area contributed by atoms with Gasteiger partial charge in [0.15, 0.2) is 0 Å². The Morgan fingerprint density at radius 2 is 2.08 bits per heavy atom. The highest BCUT2D eigenvalue weighted by atomic mass is 16.5. The summed E-state index contributed by atoms with van der Waals surface area (Å²) in [6, 6.07) is 7.83. The molecular formula is C10H13NO. The first-order valence-corrected chi connectivity index (χ1v) is 3.75. The molecule has 0 bridgehead atoms. The Kier molecular flexibility index (Phi) is 2.75. The molecule has 0 fully saturated rings. The number of ether oxygens (including phenoxy) is 1. The maximum Gasteiger partial charge on any atom is 0.120 e. The number of hydrogen-bond donors (Lipinski definition) is 0. The van der Waals surface area contributed by atoms with E-state index in [4.69, 9.17) is 4.74 Å². The second-order valence-electron chi connectivity index (χ2n) is 2.63. The van der Waals surface area contributed by atoms with Crippen molar-refractivity contribution in [3.8, 4) is 5.75 Å². The van der Waals surface area contributed by atoms with Gasteiger partial charge in [-0.3, -0.25) is 4.58 Å². The molecule has 0 amide bonds. The first-order chi connectivity index (χ1) is 5.74. The van der Waals surface area contributed by atoms with Crippen molar-refractivity contribution in [3.05, 3.63) is 36.4 Å². The minimum Gasteiger partial charge on any atom is -0.539 e. The third-order valence-corrected chi connectivity index (χ3v) is 1.50. The van der Waals surface area contributed by atoms with Crippen molar-refractivity contribution in [2.75, 3.05) is 14.2 Å². The molecule has 1 aromatic carbocycles. The highest BCUT2D eigenvalue weighted by molar-refractivity contribution is 5.37. The normalized spacial score (nSPS) is 9.17. The zero-order chi connectivity index (χ0) is 8.97. The molecule has 0 unspecified atom stereocenters. The Labute approximate surface area is 73.1 Å². The molecule has 64 valence electrons. The molecule has 0 aliphatic rings. The largest absolute Gasteiger partial charge is 0.539 e. The van der Waals surface area contributed by atoms with Gasteiger partial charge in [0.1, 0.15) is 7.05 Å². The minimum atomic E-state index is 0.869. The van der Waals surface area contributed by atoms with Crippen LogP contribution >= 0.6 is 0 Å². The summed E-state index contributed by atoms with van der Waals surface area (Å²) in [5.74, 6) is 0.869. The average molecular weight is 163 g/mol. The summed E-state index contributed by atoms with van der Waals surface area (Å²) in [6.07, 6.45) is 0. The van der Waals surface area contributed by atoms with Gasteiger partial charge in [0.2, 0.25) is 0 Å². The van der Waals surface area contributed by atoms with Crippen LogP contribution in [-0.2, 0) is 0 Å². The molecule has 1 aromatic rings. The molecule has 0 aliphatic heterocycles. The Morgan fingerprint density at radius 1 is 1.42 bits per heavy atom. The van der Waals surface area contributed by atoms with E-state index in [2.05, 4.69) is 6.72 Å². The molecule has 0 aromatic heterocycles. The lowest BCUT2D eigenvalue weighted by atomic mass is 10.2. The van der Waals surface area contributed by atoms with Gasteiger partial charge in [-0.25, -0.2) is 0 Å². The van der Waals surface area contributed by atoms with Crippen molar-refractivity contribution >= 4 is 6.72 Å². The number of para-hydroxylation sites is 1. The standard InChI is InChI=1S/C10H13NO/c1-11(2)8-9-6-4-5-7-10(9)12-3/h4-8H,1H2,2-3H3. The van der Waals surface area contributed by atoms with Crippen LogP contribution in [0, 0.1) is 6.54 Å². The molecule has 2 nitrogen and oxygen atoms in total. The zero-order valence-corrected chi connectivity index (χ0v) is 7.45. The highest BCUT2D eigenvalue weighted by Crippen LogP contribution is 2.18. The number of hydrogen-bond acceptors (Lipinski definition) is 1. The molecule has 0 radical (unpaired) electrons. The fourth-order valence-corrected chi connectivity index (χ4v) is 1.01. The van der Waals surface area contributed by atoms with Crippen molar-refractivity contribution < 1.29 is 9.31 Å². The molecule has 0 atom stereocenters. The van der Waals surface area contributed by atoms with Crippen molar-refractivity contribution in [3.63, 3.8) is 0 Å². The predicted molar refractivity (Wildman–Crippen MR) is 49.7 cm³/mol. The second kappa shape index (κ2) is 3.81. The Hall–Kier alpha value is -1.44. The number of benzene rings is 1. The predicted octanol–water partition coefficient (Wildman–Crippen LogP) is 1.55. The molecule has 0 saturated heterocycles. The molecule has 0 N–H and O–H groups in total. The van der Waals surface area contributed by atoms with Crippen LogP contribution in [0.15, 0.2) is 24.3 Å². The topological polar surface area (TPSA) is 12.2 Å². The van der Waals surface area contributed by atoms with Crippen LogP contribution in [0.25, 0.3) is 0 Å². The van der Waals surface area contributed by atoms with Crippen molar-refractivity contribution in [2.45, 2.75) is 0 Å². The number of methoxy groups -OCH3 is 1. The average Bonchev–Trinajstić information content (AvgIpc) is 2.04. The van der Waals surface area contributed by atoms with E-state index in [1.54, 1.807) is 11.7 Å². The molecule has 0 heterocycles. The Morgan fingerprint density at radius 3 is 2.67 bits per heavy atom. The third-order valence-electron chi connectivity index (χ3n) is 1.50. The maximum atomic E-state index is 5.16. The van der Waals surface area contributed by atoms with E-state index in [-0.39, 0.29) is 0 Å². The SMILES string of the molecule is C=[N+](C)[CH-]c1ccccc1OC. The molecule has 0 saturated carbocycles. The highest BCUT2D eigenvalue weighted by Gasteiger charge is 1.96. The van der Waals surface area contributed by atoms with Gasteiger partial charge < -0.3 is 4.74 Å². The van der Waals surface area contributed by atoms with E-state index in [0.717, 1.165) is 11.3 Å². The number of rotatable bonds is 3. The Bertz CT molecular complexity index is 281. The quantitative estimate of drug-likeness (QED) is 0.374.